The molecule has 0 aromatic heterocycles. The standard InChI is InChI=1S/C18H24N2O4.CH4O/c1-13(17(22)20-11-5-8-15(20)12-21)19-16(18(23)24)10-9-14-6-3-2-4-7-14;1-2/h2-4,6-7,12-13,15-16,19H,5,8-11H2,1H3,(H,23,24);2H,1H3/t13-,15-,16-;/m0./s1. The molecule has 0 aliphatic carbocycles. The van der Waals surface area contributed by atoms with E-state index in [0.29, 0.717) is 25.8 Å². The van der Waals surface area contributed by atoms with E-state index in [2.05, 4.69) is 5.32 Å². The predicted molar refractivity (Wildman–Crippen MR) is 97.7 cm³/mol. The van der Waals surface area contributed by atoms with Crippen molar-refractivity contribution in [1.29, 1.82) is 0 Å². The number of hydrogen-bond donors (Lipinski definition) is 3. The first-order valence-corrected chi connectivity index (χ1v) is 8.76. The van der Waals surface area contributed by atoms with Crippen LogP contribution in [0, 0.1) is 0 Å². The highest BCUT2D eigenvalue weighted by Crippen LogP contribution is 2.17. The normalized spacial score (nSPS) is 18.4. The number of nitrogens with zero attached hydrogens (tertiary/aromatic N) is 1. The minimum atomic E-state index is -0.973. The largest absolute Gasteiger partial charge is 0.480 e. The molecule has 0 bridgehead atoms. The summed E-state index contributed by atoms with van der Waals surface area (Å²) in [6.07, 6.45) is 3.29. The Morgan fingerprint density at radius 1 is 1.31 bits per heavy atom. The Bertz CT molecular complexity index is 579. The van der Waals surface area contributed by atoms with Crippen LogP contribution in [0.5, 0.6) is 0 Å². The molecule has 1 saturated heterocycles. The number of carboxylic acids is 1. The summed E-state index contributed by atoms with van der Waals surface area (Å²) < 4.78 is 0. The van der Waals surface area contributed by atoms with E-state index in [0.717, 1.165) is 25.4 Å². The molecule has 1 heterocycles. The third-order valence-corrected chi connectivity index (χ3v) is 4.42. The van der Waals surface area contributed by atoms with Gasteiger partial charge in [0.1, 0.15) is 12.3 Å². The Morgan fingerprint density at radius 3 is 2.54 bits per heavy atom. The number of hydrogen-bond acceptors (Lipinski definition) is 5. The lowest BCUT2D eigenvalue weighted by Crippen LogP contribution is -2.52. The van der Waals surface area contributed by atoms with Crippen LogP contribution in [-0.4, -0.2) is 65.1 Å². The molecular weight excluding hydrogens is 336 g/mol. The third-order valence-electron chi connectivity index (χ3n) is 4.42. The van der Waals surface area contributed by atoms with Crippen LogP contribution in [0.3, 0.4) is 0 Å². The highest BCUT2D eigenvalue weighted by molar-refractivity contribution is 5.85. The second kappa shape index (κ2) is 11.4. The molecule has 1 amide bonds. The lowest BCUT2D eigenvalue weighted by Gasteiger charge is -2.26. The van der Waals surface area contributed by atoms with Gasteiger partial charge in [0.2, 0.25) is 5.91 Å². The fourth-order valence-electron chi connectivity index (χ4n) is 3.06. The second-order valence-corrected chi connectivity index (χ2v) is 6.18. The van der Waals surface area contributed by atoms with E-state index < -0.39 is 18.1 Å². The molecule has 7 nitrogen and oxygen atoms in total. The van der Waals surface area contributed by atoms with Crippen molar-refractivity contribution in [3.8, 4) is 0 Å². The maximum atomic E-state index is 12.5. The summed E-state index contributed by atoms with van der Waals surface area (Å²) in [6.45, 7) is 2.21. The lowest BCUT2D eigenvalue weighted by atomic mass is 10.0. The minimum absolute atomic E-state index is 0.212. The molecule has 1 aromatic carbocycles. The SMILES string of the molecule is CO.C[C@H](N[C@@H](CCc1ccccc1)C(=O)O)C(=O)N1CCC[C@H]1C=O. The highest BCUT2D eigenvalue weighted by atomic mass is 16.4. The van der Waals surface area contributed by atoms with Crippen molar-refractivity contribution >= 4 is 18.2 Å². The van der Waals surface area contributed by atoms with Crippen molar-refractivity contribution in [3.63, 3.8) is 0 Å². The van der Waals surface area contributed by atoms with Crippen LogP contribution in [0.25, 0.3) is 0 Å². The zero-order chi connectivity index (χ0) is 19.5. The van der Waals surface area contributed by atoms with E-state index in [1.165, 1.54) is 0 Å². The van der Waals surface area contributed by atoms with E-state index in [1.807, 2.05) is 30.3 Å². The van der Waals surface area contributed by atoms with E-state index in [-0.39, 0.29) is 11.9 Å². The van der Waals surface area contributed by atoms with Gasteiger partial charge in [0.05, 0.1) is 12.1 Å². The van der Waals surface area contributed by atoms with Gasteiger partial charge in [-0.1, -0.05) is 30.3 Å². The fraction of sp³-hybridized carbons (Fsp3) is 0.526. The number of aldehydes is 1. The molecule has 3 N–H and O–H groups in total. The molecule has 0 saturated carbocycles. The Balaban J connectivity index is 0.00000163. The first-order chi connectivity index (χ1) is 12.5. The van der Waals surface area contributed by atoms with Crippen LogP contribution >= 0.6 is 0 Å². The van der Waals surface area contributed by atoms with E-state index in [9.17, 15) is 19.5 Å². The van der Waals surface area contributed by atoms with Gasteiger partial charge in [0, 0.05) is 13.7 Å². The van der Waals surface area contributed by atoms with Gasteiger partial charge >= 0.3 is 5.97 Å². The number of aryl methyl sites for hydroxylation is 1. The van der Waals surface area contributed by atoms with Gasteiger partial charge in [0.15, 0.2) is 0 Å². The van der Waals surface area contributed by atoms with E-state index in [1.54, 1.807) is 11.8 Å². The number of aliphatic hydroxyl groups excluding tert-OH is 1. The first kappa shape index (κ1) is 21.8. The number of carbonyl (C=O) groups is 3. The minimum Gasteiger partial charge on any atom is -0.480 e. The van der Waals surface area contributed by atoms with Gasteiger partial charge in [-0.3, -0.25) is 14.9 Å². The summed E-state index contributed by atoms with van der Waals surface area (Å²) in [7, 11) is 1.00. The van der Waals surface area contributed by atoms with Crippen LogP contribution in [0.15, 0.2) is 30.3 Å². The predicted octanol–water partition coefficient (Wildman–Crippen LogP) is 0.849. The third kappa shape index (κ3) is 6.24. The molecule has 26 heavy (non-hydrogen) atoms. The van der Waals surface area contributed by atoms with E-state index >= 15 is 0 Å². The molecule has 0 unspecified atom stereocenters. The molecule has 1 fully saturated rings. The number of carboxylic acid groups (broad SMARTS) is 1. The van der Waals surface area contributed by atoms with Gasteiger partial charge in [0.25, 0.3) is 0 Å². The van der Waals surface area contributed by atoms with Crippen molar-refractivity contribution in [1.82, 2.24) is 10.2 Å². The summed E-state index contributed by atoms with van der Waals surface area (Å²) in [6, 6.07) is 7.82. The second-order valence-electron chi connectivity index (χ2n) is 6.18. The van der Waals surface area contributed by atoms with Gasteiger partial charge in [-0.15, -0.1) is 0 Å². The summed E-state index contributed by atoms with van der Waals surface area (Å²) >= 11 is 0. The number of carbonyl (C=O) groups excluding carboxylic acids is 2. The van der Waals surface area contributed by atoms with E-state index in [4.69, 9.17) is 5.11 Å². The molecule has 3 atom stereocenters. The first-order valence-electron chi connectivity index (χ1n) is 8.76. The zero-order valence-electron chi connectivity index (χ0n) is 15.3. The Kier molecular flexibility index (Phi) is 9.54. The number of benzene rings is 1. The van der Waals surface area contributed by atoms with Crippen molar-refractivity contribution in [3.05, 3.63) is 35.9 Å². The fourth-order valence-corrected chi connectivity index (χ4v) is 3.06. The van der Waals surface area contributed by atoms with Crippen LogP contribution in [0.2, 0.25) is 0 Å². The molecular formula is C19H28N2O5. The van der Waals surface area contributed by atoms with Crippen LogP contribution in [0.1, 0.15) is 31.7 Å². The van der Waals surface area contributed by atoms with Crippen LogP contribution in [-0.2, 0) is 20.8 Å². The molecule has 0 spiro atoms. The highest BCUT2D eigenvalue weighted by Gasteiger charge is 2.32. The molecule has 1 aliphatic rings. The topological polar surface area (TPSA) is 107 Å². The smallest absolute Gasteiger partial charge is 0.320 e. The number of amides is 1. The van der Waals surface area contributed by atoms with Crippen molar-refractivity contribution < 1.29 is 24.6 Å². The molecule has 1 aromatic rings. The summed E-state index contributed by atoms with van der Waals surface area (Å²) in [5, 5.41) is 19.3. The summed E-state index contributed by atoms with van der Waals surface area (Å²) in [4.78, 5) is 36.5. The van der Waals surface area contributed by atoms with Crippen molar-refractivity contribution in [2.45, 2.75) is 50.7 Å². The van der Waals surface area contributed by atoms with Gasteiger partial charge < -0.3 is 19.9 Å². The molecule has 144 valence electrons. The Morgan fingerprint density at radius 2 is 1.96 bits per heavy atom. The monoisotopic (exact) mass is 364 g/mol. The van der Waals surface area contributed by atoms with Crippen molar-refractivity contribution in [2.75, 3.05) is 13.7 Å². The maximum Gasteiger partial charge on any atom is 0.320 e. The summed E-state index contributed by atoms with van der Waals surface area (Å²) in [5.74, 6) is -1.19. The Hall–Kier alpha value is -2.25. The molecule has 1 aliphatic heterocycles. The van der Waals surface area contributed by atoms with Crippen LogP contribution in [0.4, 0.5) is 0 Å². The maximum absolute atomic E-state index is 12.5. The number of aliphatic hydroxyl groups is 1. The Labute approximate surface area is 154 Å². The van der Waals surface area contributed by atoms with Crippen LogP contribution < -0.4 is 5.32 Å². The number of aliphatic carboxylic acids is 1. The zero-order valence-corrected chi connectivity index (χ0v) is 15.3. The lowest BCUT2D eigenvalue weighted by molar-refractivity contribution is -0.141. The molecule has 7 heteroatoms. The van der Waals surface area contributed by atoms with Crippen molar-refractivity contribution in [2.24, 2.45) is 0 Å². The average molecular weight is 364 g/mol. The van der Waals surface area contributed by atoms with Gasteiger partial charge in [-0.25, -0.2) is 0 Å². The number of nitrogens with one attached hydrogen (secondary N) is 1. The van der Waals surface area contributed by atoms with Gasteiger partial charge in [-0.2, -0.15) is 0 Å². The number of likely N-dealkylation sites (tertiary alicyclic amines) is 1. The molecule has 0 radical (unpaired) electrons. The quantitative estimate of drug-likeness (QED) is 0.591. The average Bonchev–Trinajstić information content (AvgIpc) is 3.15. The summed E-state index contributed by atoms with van der Waals surface area (Å²) in [5.41, 5.74) is 1.06. The van der Waals surface area contributed by atoms with Gasteiger partial charge in [-0.05, 0) is 38.2 Å². The molecule has 2 rings (SSSR count). The number of rotatable bonds is 8.